The van der Waals surface area contributed by atoms with Gasteiger partial charge >= 0.3 is 6.09 Å². The lowest BCUT2D eigenvalue weighted by molar-refractivity contribution is -0.0311. The van der Waals surface area contributed by atoms with Crippen LogP contribution < -0.4 is 4.74 Å². The predicted molar refractivity (Wildman–Crippen MR) is 148 cm³/mol. The highest BCUT2D eigenvalue weighted by molar-refractivity contribution is 7.88. The zero-order chi connectivity index (χ0) is 28.0. The van der Waals surface area contributed by atoms with E-state index in [2.05, 4.69) is 0 Å². The van der Waals surface area contributed by atoms with Crippen molar-refractivity contribution in [1.82, 2.24) is 9.21 Å². The number of aliphatic hydroxyl groups is 1. The first-order valence-electron chi connectivity index (χ1n) is 13.5. The van der Waals surface area contributed by atoms with Gasteiger partial charge in [-0.3, -0.25) is 4.90 Å². The number of nitrogens with zero attached hydrogens (tertiary/aromatic N) is 2. The predicted octanol–water partition coefficient (Wildman–Crippen LogP) is 3.95. The second-order valence-electron chi connectivity index (χ2n) is 10.6. The van der Waals surface area contributed by atoms with E-state index in [0.717, 1.165) is 24.0 Å². The second-order valence-corrected chi connectivity index (χ2v) is 12.5. The molecule has 2 aromatic carbocycles. The highest BCUT2D eigenvalue weighted by Gasteiger charge is 2.48. The Balaban J connectivity index is 1.56. The van der Waals surface area contributed by atoms with Gasteiger partial charge in [-0.1, -0.05) is 42.5 Å². The molecule has 2 fully saturated rings. The normalized spacial score (nSPS) is 25.6. The van der Waals surface area contributed by atoms with Crippen LogP contribution in [0.2, 0.25) is 0 Å². The third-order valence-electron chi connectivity index (χ3n) is 7.71. The molecule has 0 radical (unpaired) electrons. The van der Waals surface area contributed by atoms with Crippen molar-refractivity contribution in [2.75, 3.05) is 20.0 Å². The van der Waals surface area contributed by atoms with Crippen molar-refractivity contribution in [1.29, 1.82) is 0 Å². The Labute approximate surface area is 231 Å². The molecule has 0 bridgehead atoms. The number of ether oxygens (including phenoxy) is 3. The molecule has 0 unspecified atom stereocenters. The van der Waals surface area contributed by atoms with Crippen molar-refractivity contribution in [2.45, 2.75) is 82.5 Å². The molecule has 0 spiro atoms. The number of hydrogen-bond acceptors (Lipinski definition) is 7. The van der Waals surface area contributed by atoms with Gasteiger partial charge in [0.2, 0.25) is 10.0 Å². The van der Waals surface area contributed by atoms with E-state index < -0.39 is 28.2 Å². The van der Waals surface area contributed by atoms with Crippen molar-refractivity contribution in [3.63, 3.8) is 0 Å². The number of methoxy groups -OCH3 is 1. The molecule has 2 aromatic rings. The molecule has 1 aliphatic heterocycles. The lowest BCUT2D eigenvalue weighted by Gasteiger charge is -2.35. The number of likely N-dealkylation sites (tertiary alicyclic amines) is 1. The fourth-order valence-electron chi connectivity index (χ4n) is 5.58. The van der Waals surface area contributed by atoms with Crippen molar-refractivity contribution in [2.24, 2.45) is 0 Å². The summed E-state index contributed by atoms with van der Waals surface area (Å²) in [6, 6.07) is 15.5. The van der Waals surface area contributed by atoms with Crippen LogP contribution in [0, 0.1) is 0 Å². The van der Waals surface area contributed by atoms with Gasteiger partial charge in [0, 0.05) is 18.6 Å². The van der Waals surface area contributed by atoms with Gasteiger partial charge in [-0.2, -0.15) is 4.31 Å². The van der Waals surface area contributed by atoms with Gasteiger partial charge in [-0.05, 0) is 62.3 Å². The third-order valence-corrected chi connectivity index (χ3v) is 8.97. The minimum atomic E-state index is -3.64. The molecule has 4 rings (SSSR count). The van der Waals surface area contributed by atoms with Crippen LogP contribution in [0.4, 0.5) is 4.79 Å². The van der Waals surface area contributed by atoms with E-state index in [0.29, 0.717) is 25.0 Å². The number of carbonyl (C=O) groups excluding carboxylic acids is 1. The maximum absolute atomic E-state index is 13.4. The van der Waals surface area contributed by atoms with Crippen LogP contribution >= 0.6 is 0 Å². The summed E-state index contributed by atoms with van der Waals surface area (Å²) in [7, 11) is -2.05. The molecule has 1 saturated heterocycles. The van der Waals surface area contributed by atoms with E-state index >= 15 is 0 Å². The first-order valence-corrected chi connectivity index (χ1v) is 15.4. The van der Waals surface area contributed by atoms with Gasteiger partial charge < -0.3 is 19.3 Å². The highest BCUT2D eigenvalue weighted by atomic mass is 32.2. The molecule has 1 saturated carbocycles. The molecule has 3 atom stereocenters. The van der Waals surface area contributed by atoms with Crippen LogP contribution in [0.25, 0.3) is 0 Å². The van der Waals surface area contributed by atoms with Crippen LogP contribution in [0.15, 0.2) is 54.6 Å². The fraction of sp³-hybridized carbons (Fsp3) is 0.552. The Kier molecular flexibility index (Phi) is 9.87. The smallest absolute Gasteiger partial charge is 0.410 e. The van der Waals surface area contributed by atoms with Gasteiger partial charge in [0.25, 0.3) is 0 Å². The average Bonchev–Trinajstić information content (AvgIpc) is 3.25. The molecule has 1 aliphatic carbocycles. The van der Waals surface area contributed by atoms with Crippen molar-refractivity contribution < 1.29 is 32.5 Å². The lowest BCUT2D eigenvalue weighted by atomic mass is 9.95. The maximum atomic E-state index is 13.4. The number of carbonyl (C=O) groups is 1. The van der Waals surface area contributed by atoms with Crippen LogP contribution in [-0.2, 0) is 32.6 Å². The van der Waals surface area contributed by atoms with Gasteiger partial charge in [0.1, 0.15) is 12.4 Å². The SMILES string of the molecule is COc1ccc(CN([C@H]2C[C@@H](C)N(C(=O)OCc3ccccc3)[C@H]2COC2CCC(O)CC2)S(C)(=O)=O)cc1. The topological polar surface area (TPSA) is 106 Å². The molecule has 214 valence electrons. The minimum Gasteiger partial charge on any atom is -0.497 e. The van der Waals surface area contributed by atoms with Crippen molar-refractivity contribution in [3.05, 3.63) is 65.7 Å². The molecule has 0 aromatic heterocycles. The zero-order valence-corrected chi connectivity index (χ0v) is 23.8. The van der Waals surface area contributed by atoms with Gasteiger partial charge in [-0.25, -0.2) is 13.2 Å². The largest absolute Gasteiger partial charge is 0.497 e. The number of benzene rings is 2. The van der Waals surface area contributed by atoms with E-state index in [4.69, 9.17) is 14.2 Å². The molecule has 2 aliphatic rings. The monoisotopic (exact) mass is 560 g/mol. The van der Waals surface area contributed by atoms with E-state index in [9.17, 15) is 18.3 Å². The summed E-state index contributed by atoms with van der Waals surface area (Å²) >= 11 is 0. The van der Waals surface area contributed by atoms with Crippen LogP contribution in [0.1, 0.15) is 50.2 Å². The van der Waals surface area contributed by atoms with Crippen molar-refractivity contribution in [3.8, 4) is 5.75 Å². The summed E-state index contributed by atoms with van der Waals surface area (Å²) in [5.41, 5.74) is 1.69. The fourth-order valence-corrected chi connectivity index (χ4v) is 6.68. The maximum Gasteiger partial charge on any atom is 0.410 e. The number of sulfonamides is 1. The Bertz CT molecular complexity index is 1170. The number of amides is 1. The Morgan fingerprint density at radius 3 is 2.31 bits per heavy atom. The molecular weight excluding hydrogens is 520 g/mol. The van der Waals surface area contributed by atoms with Crippen molar-refractivity contribution >= 4 is 16.1 Å². The molecule has 1 amide bonds. The Morgan fingerprint density at radius 2 is 1.69 bits per heavy atom. The standard InChI is InChI=1S/C29H40N2O7S/c1-21-17-27(30(39(3,34)35)18-22-9-13-25(36-2)14-10-22)28(20-37-26-15-11-24(32)12-16-26)31(21)29(33)38-19-23-7-5-4-6-8-23/h4-10,13-14,21,24,26-28,32H,11-12,15-20H2,1-3H3/t21-,24?,26?,27+,28+/m1/s1. The minimum absolute atomic E-state index is 0.0413. The summed E-state index contributed by atoms with van der Waals surface area (Å²) in [6.45, 7) is 2.40. The summed E-state index contributed by atoms with van der Waals surface area (Å²) < 4.78 is 44.9. The summed E-state index contributed by atoms with van der Waals surface area (Å²) in [5.74, 6) is 0.690. The second kappa shape index (κ2) is 13.1. The van der Waals surface area contributed by atoms with Crippen LogP contribution in [0.3, 0.4) is 0 Å². The first kappa shape index (κ1) is 29.3. The quantitative estimate of drug-likeness (QED) is 0.469. The van der Waals surface area contributed by atoms with E-state index in [1.54, 1.807) is 24.1 Å². The average molecular weight is 561 g/mol. The lowest BCUT2D eigenvalue weighted by Crippen LogP contribution is -2.51. The van der Waals surface area contributed by atoms with E-state index in [1.165, 1.54) is 10.6 Å². The number of hydrogen-bond donors (Lipinski definition) is 1. The van der Waals surface area contributed by atoms with E-state index in [-0.39, 0.29) is 38.0 Å². The third kappa shape index (κ3) is 7.72. The molecular formula is C29H40N2O7S. The molecule has 9 nitrogen and oxygen atoms in total. The molecule has 1 N–H and O–H groups in total. The molecule has 39 heavy (non-hydrogen) atoms. The van der Waals surface area contributed by atoms with Gasteiger partial charge in [0.05, 0.1) is 38.2 Å². The van der Waals surface area contributed by atoms with Crippen LogP contribution in [0.5, 0.6) is 5.75 Å². The highest BCUT2D eigenvalue weighted by Crippen LogP contribution is 2.33. The number of rotatable bonds is 10. The summed E-state index contributed by atoms with van der Waals surface area (Å²) in [5, 5.41) is 9.88. The summed E-state index contributed by atoms with van der Waals surface area (Å²) in [4.78, 5) is 15.1. The molecule has 1 heterocycles. The van der Waals surface area contributed by atoms with E-state index in [1.807, 2.05) is 49.4 Å². The first-order chi connectivity index (χ1) is 18.7. The zero-order valence-electron chi connectivity index (χ0n) is 22.9. The number of aliphatic hydroxyl groups excluding tert-OH is 1. The van der Waals surface area contributed by atoms with Crippen LogP contribution in [-0.4, -0.2) is 79.1 Å². The summed E-state index contributed by atoms with van der Waals surface area (Å²) in [6.07, 6.45) is 3.63. The Morgan fingerprint density at radius 1 is 1.03 bits per heavy atom. The van der Waals surface area contributed by atoms with Gasteiger partial charge in [0.15, 0.2) is 0 Å². The van der Waals surface area contributed by atoms with Gasteiger partial charge in [-0.15, -0.1) is 0 Å². The molecule has 10 heteroatoms. The Hall–Kier alpha value is -2.66.